The van der Waals surface area contributed by atoms with Gasteiger partial charge in [0.2, 0.25) is 5.91 Å². The van der Waals surface area contributed by atoms with Crippen molar-refractivity contribution in [2.75, 3.05) is 11.4 Å². The maximum absolute atomic E-state index is 13.8. The molecule has 3 aromatic carbocycles. The molecule has 0 radical (unpaired) electrons. The molecule has 1 unspecified atom stereocenters. The van der Waals surface area contributed by atoms with E-state index in [-0.39, 0.29) is 18.7 Å². The minimum Gasteiger partial charge on any atom is -0.316 e. The van der Waals surface area contributed by atoms with Gasteiger partial charge in [0.05, 0.1) is 5.56 Å². The summed E-state index contributed by atoms with van der Waals surface area (Å²) < 4.78 is 65.4. The Kier molecular flexibility index (Phi) is 6.70. The van der Waals surface area contributed by atoms with Crippen LogP contribution in [-0.4, -0.2) is 12.5 Å². The first-order valence-electron chi connectivity index (χ1n) is 9.40. The van der Waals surface area contributed by atoms with E-state index in [1.165, 1.54) is 23.1 Å². The van der Waals surface area contributed by atoms with Crippen molar-refractivity contribution in [3.05, 3.63) is 101 Å². The zero-order valence-electron chi connectivity index (χ0n) is 16.2. The van der Waals surface area contributed by atoms with Crippen molar-refractivity contribution in [2.24, 2.45) is 5.73 Å². The van der Waals surface area contributed by atoms with Gasteiger partial charge in [-0.15, -0.1) is 0 Å². The molecule has 0 aliphatic carbocycles. The topological polar surface area (TPSA) is 46.3 Å². The van der Waals surface area contributed by atoms with Crippen LogP contribution >= 0.6 is 0 Å². The standard InChI is InChI=1S/C23H19F5N2O/c24-19-11-10-18(14-20(19)25)30(22(31)21(29)16-4-2-1-3-5-16)13-12-15-6-8-17(9-7-15)23(26,27)28/h1-11,14,21H,12-13,29H2. The predicted octanol–water partition coefficient (Wildman–Crippen LogP) is 5.26. The molecular weight excluding hydrogens is 415 g/mol. The Labute approximate surface area is 175 Å². The number of carbonyl (C=O) groups is 1. The first kappa shape index (κ1) is 22.4. The van der Waals surface area contributed by atoms with Gasteiger partial charge in [0.15, 0.2) is 11.6 Å². The van der Waals surface area contributed by atoms with Crippen molar-refractivity contribution in [2.45, 2.75) is 18.6 Å². The minimum absolute atomic E-state index is 0.00973. The molecule has 0 saturated heterocycles. The summed E-state index contributed by atoms with van der Waals surface area (Å²) in [5.74, 6) is -2.74. The average Bonchev–Trinajstić information content (AvgIpc) is 2.76. The van der Waals surface area contributed by atoms with Gasteiger partial charge in [-0.2, -0.15) is 13.2 Å². The summed E-state index contributed by atoms with van der Waals surface area (Å²) in [6.45, 7) is 0.00973. The second-order valence-corrected chi connectivity index (χ2v) is 6.92. The summed E-state index contributed by atoms with van der Waals surface area (Å²) in [7, 11) is 0. The molecule has 0 spiro atoms. The molecule has 8 heteroatoms. The van der Waals surface area contributed by atoms with Gasteiger partial charge in [0, 0.05) is 18.3 Å². The monoisotopic (exact) mass is 434 g/mol. The number of amides is 1. The number of anilines is 1. The summed E-state index contributed by atoms with van der Waals surface area (Å²) in [4.78, 5) is 14.3. The van der Waals surface area contributed by atoms with Crippen LogP contribution in [0.1, 0.15) is 22.7 Å². The number of rotatable bonds is 6. The molecule has 0 aliphatic rings. The van der Waals surface area contributed by atoms with Crippen LogP contribution in [-0.2, 0) is 17.4 Å². The van der Waals surface area contributed by atoms with E-state index in [0.717, 1.165) is 24.3 Å². The molecule has 31 heavy (non-hydrogen) atoms. The number of alkyl halides is 3. The van der Waals surface area contributed by atoms with E-state index >= 15 is 0 Å². The molecule has 1 amide bonds. The number of hydrogen-bond acceptors (Lipinski definition) is 2. The van der Waals surface area contributed by atoms with Crippen LogP contribution in [0.2, 0.25) is 0 Å². The summed E-state index contributed by atoms with van der Waals surface area (Å²) in [5.41, 5.74) is 6.49. The summed E-state index contributed by atoms with van der Waals surface area (Å²) in [6.07, 6.45) is -4.26. The van der Waals surface area contributed by atoms with Gasteiger partial charge in [-0.05, 0) is 41.8 Å². The third kappa shape index (κ3) is 5.46. The van der Waals surface area contributed by atoms with Crippen LogP contribution in [0.25, 0.3) is 0 Å². The third-order valence-corrected chi connectivity index (χ3v) is 4.81. The Morgan fingerprint density at radius 2 is 1.55 bits per heavy atom. The lowest BCUT2D eigenvalue weighted by atomic mass is 10.0. The molecule has 0 fully saturated rings. The SMILES string of the molecule is NC(C(=O)N(CCc1ccc(C(F)(F)F)cc1)c1ccc(F)c(F)c1)c1ccccc1. The van der Waals surface area contributed by atoms with Crippen molar-refractivity contribution in [1.29, 1.82) is 0 Å². The van der Waals surface area contributed by atoms with Gasteiger partial charge < -0.3 is 10.6 Å². The van der Waals surface area contributed by atoms with E-state index < -0.39 is 35.3 Å². The lowest BCUT2D eigenvalue weighted by Crippen LogP contribution is -2.40. The molecule has 2 N–H and O–H groups in total. The van der Waals surface area contributed by atoms with Gasteiger partial charge in [-0.25, -0.2) is 8.78 Å². The van der Waals surface area contributed by atoms with Gasteiger partial charge in [0.1, 0.15) is 6.04 Å². The summed E-state index contributed by atoms with van der Waals surface area (Å²) >= 11 is 0. The zero-order valence-corrected chi connectivity index (χ0v) is 16.2. The van der Waals surface area contributed by atoms with Gasteiger partial charge in [-0.3, -0.25) is 4.79 Å². The molecule has 0 saturated carbocycles. The highest BCUT2D eigenvalue weighted by Gasteiger charge is 2.30. The number of nitrogens with zero attached hydrogens (tertiary/aromatic N) is 1. The van der Waals surface area contributed by atoms with E-state index in [1.54, 1.807) is 30.3 Å². The van der Waals surface area contributed by atoms with Gasteiger partial charge >= 0.3 is 6.18 Å². The number of carbonyl (C=O) groups excluding carboxylic acids is 1. The molecule has 0 heterocycles. The van der Waals surface area contributed by atoms with Crippen molar-refractivity contribution in [3.63, 3.8) is 0 Å². The fraction of sp³-hybridized carbons (Fsp3) is 0.174. The van der Waals surface area contributed by atoms with Crippen LogP contribution in [0.5, 0.6) is 0 Å². The maximum atomic E-state index is 13.8. The number of hydrogen-bond donors (Lipinski definition) is 1. The third-order valence-electron chi connectivity index (χ3n) is 4.81. The number of benzene rings is 3. The highest BCUT2D eigenvalue weighted by molar-refractivity contribution is 5.97. The molecule has 0 aliphatic heterocycles. The van der Waals surface area contributed by atoms with E-state index in [1.807, 2.05) is 0 Å². The van der Waals surface area contributed by atoms with Crippen LogP contribution in [0.15, 0.2) is 72.8 Å². The Morgan fingerprint density at radius 1 is 0.903 bits per heavy atom. The van der Waals surface area contributed by atoms with E-state index in [0.29, 0.717) is 11.1 Å². The molecule has 0 aromatic heterocycles. The smallest absolute Gasteiger partial charge is 0.316 e. The second-order valence-electron chi connectivity index (χ2n) is 6.92. The van der Waals surface area contributed by atoms with Crippen molar-refractivity contribution in [3.8, 4) is 0 Å². The lowest BCUT2D eigenvalue weighted by Gasteiger charge is -2.26. The fourth-order valence-corrected chi connectivity index (χ4v) is 3.09. The molecule has 0 bridgehead atoms. The largest absolute Gasteiger partial charge is 0.416 e. The molecule has 3 nitrogen and oxygen atoms in total. The number of nitrogens with two attached hydrogens (primary N) is 1. The van der Waals surface area contributed by atoms with Crippen LogP contribution in [0.3, 0.4) is 0 Å². The summed E-state index contributed by atoms with van der Waals surface area (Å²) in [5, 5.41) is 0. The predicted molar refractivity (Wildman–Crippen MR) is 107 cm³/mol. The first-order chi connectivity index (χ1) is 14.7. The van der Waals surface area contributed by atoms with Crippen LogP contribution in [0.4, 0.5) is 27.6 Å². The van der Waals surface area contributed by atoms with Crippen LogP contribution in [0, 0.1) is 11.6 Å². The van der Waals surface area contributed by atoms with E-state index in [2.05, 4.69) is 0 Å². The van der Waals surface area contributed by atoms with E-state index in [9.17, 15) is 26.7 Å². The fourth-order valence-electron chi connectivity index (χ4n) is 3.09. The Balaban J connectivity index is 1.85. The van der Waals surface area contributed by atoms with Gasteiger partial charge in [0.25, 0.3) is 0 Å². The highest BCUT2D eigenvalue weighted by atomic mass is 19.4. The molecule has 3 aromatic rings. The minimum atomic E-state index is -4.45. The summed E-state index contributed by atoms with van der Waals surface area (Å²) in [6, 6.07) is 15.0. The van der Waals surface area contributed by atoms with Crippen molar-refractivity contribution < 1.29 is 26.7 Å². The molecule has 3 rings (SSSR count). The molecule has 162 valence electrons. The Morgan fingerprint density at radius 3 is 2.13 bits per heavy atom. The van der Waals surface area contributed by atoms with E-state index in [4.69, 9.17) is 5.73 Å². The Bertz CT molecular complexity index is 1040. The average molecular weight is 434 g/mol. The maximum Gasteiger partial charge on any atom is 0.416 e. The van der Waals surface area contributed by atoms with Crippen LogP contribution < -0.4 is 10.6 Å². The number of halogens is 5. The van der Waals surface area contributed by atoms with Crippen molar-refractivity contribution >= 4 is 11.6 Å². The molecular formula is C23H19F5N2O. The highest BCUT2D eigenvalue weighted by Crippen LogP contribution is 2.29. The first-order valence-corrected chi connectivity index (χ1v) is 9.40. The van der Waals surface area contributed by atoms with Crippen molar-refractivity contribution in [1.82, 2.24) is 0 Å². The zero-order chi connectivity index (χ0) is 22.6. The quantitative estimate of drug-likeness (QED) is 0.538. The second kappa shape index (κ2) is 9.26. The molecule has 1 atom stereocenters. The normalized spacial score (nSPS) is 12.5. The lowest BCUT2D eigenvalue weighted by molar-refractivity contribution is -0.137. The Hall–Kier alpha value is -3.26. The van der Waals surface area contributed by atoms with Gasteiger partial charge in [-0.1, -0.05) is 42.5 Å².